The number of hydrogen-bond donors (Lipinski definition) is 2. The molecule has 0 aliphatic carbocycles. The molecule has 0 radical (unpaired) electrons. The van der Waals surface area contributed by atoms with Crippen LogP contribution in [0.4, 0.5) is 0 Å². The molecule has 1 rings (SSSR count). The van der Waals surface area contributed by atoms with Crippen LogP contribution in [0.15, 0.2) is 24.3 Å². The molecule has 2 N–H and O–H groups in total. The van der Waals surface area contributed by atoms with E-state index in [0.717, 1.165) is 0 Å². The number of rotatable bonds is 5. The van der Waals surface area contributed by atoms with E-state index >= 15 is 0 Å². The number of ether oxygens (including phenoxy) is 1. The van der Waals surface area contributed by atoms with Crippen LogP contribution in [-0.2, 0) is 9.59 Å². The summed E-state index contributed by atoms with van der Waals surface area (Å²) in [5.74, 6) is -1.14. The third kappa shape index (κ3) is 4.25. The summed E-state index contributed by atoms with van der Waals surface area (Å²) in [6.45, 7) is 2.91. The molecule has 0 saturated carbocycles. The first-order valence-corrected chi connectivity index (χ1v) is 5.73. The van der Waals surface area contributed by atoms with Crippen LogP contribution >= 0.6 is 11.6 Å². The van der Waals surface area contributed by atoms with Crippen molar-refractivity contribution in [3.05, 3.63) is 29.3 Å². The molecule has 0 aliphatic heterocycles. The largest absolute Gasteiger partial charge is 0.481 e. The van der Waals surface area contributed by atoms with Crippen LogP contribution in [0, 0.1) is 0 Å². The van der Waals surface area contributed by atoms with Crippen molar-refractivity contribution in [2.75, 3.05) is 0 Å². The molecule has 1 aromatic carbocycles. The van der Waals surface area contributed by atoms with E-state index in [4.69, 9.17) is 21.4 Å². The van der Waals surface area contributed by atoms with Crippen LogP contribution in [0.3, 0.4) is 0 Å². The van der Waals surface area contributed by atoms with Crippen molar-refractivity contribution < 1.29 is 19.4 Å². The Hall–Kier alpha value is -1.75. The highest BCUT2D eigenvalue weighted by Gasteiger charge is 2.20. The maximum absolute atomic E-state index is 11.6. The van der Waals surface area contributed by atoms with E-state index in [0.29, 0.717) is 10.8 Å². The van der Waals surface area contributed by atoms with Crippen molar-refractivity contribution in [1.82, 2.24) is 5.32 Å². The molecule has 18 heavy (non-hydrogen) atoms. The molecule has 0 spiro atoms. The van der Waals surface area contributed by atoms with E-state index in [1.807, 2.05) is 0 Å². The quantitative estimate of drug-likeness (QED) is 0.855. The fraction of sp³-hybridized carbons (Fsp3) is 0.333. The van der Waals surface area contributed by atoms with Gasteiger partial charge in [0.1, 0.15) is 11.8 Å². The first-order chi connectivity index (χ1) is 8.40. The number of carboxylic acid groups (broad SMARTS) is 1. The molecule has 98 valence electrons. The van der Waals surface area contributed by atoms with Crippen molar-refractivity contribution >= 4 is 23.5 Å². The van der Waals surface area contributed by atoms with Crippen LogP contribution in [0.5, 0.6) is 5.75 Å². The number of amides is 1. The molecule has 0 fully saturated rings. The van der Waals surface area contributed by atoms with E-state index < -0.39 is 24.0 Å². The third-order valence-corrected chi connectivity index (χ3v) is 2.44. The molecule has 6 heteroatoms. The molecule has 0 aromatic heterocycles. The Morgan fingerprint density at radius 2 is 2.06 bits per heavy atom. The van der Waals surface area contributed by atoms with Gasteiger partial charge >= 0.3 is 5.97 Å². The summed E-state index contributed by atoms with van der Waals surface area (Å²) in [5, 5.41) is 11.5. The Morgan fingerprint density at radius 3 is 2.61 bits per heavy atom. The van der Waals surface area contributed by atoms with Gasteiger partial charge in [0, 0.05) is 5.02 Å². The smallest absolute Gasteiger partial charge is 0.325 e. The van der Waals surface area contributed by atoms with Gasteiger partial charge in [0.25, 0.3) is 5.91 Å². The zero-order chi connectivity index (χ0) is 13.7. The number of benzene rings is 1. The predicted molar refractivity (Wildman–Crippen MR) is 66.8 cm³/mol. The Morgan fingerprint density at radius 1 is 1.39 bits per heavy atom. The average Bonchev–Trinajstić information content (AvgIpc) is 2.28. The Labute approximate surface area is 110 Å². The lowest BCUT2D eigenvalue weighted by Gasteiger charge is -2.16. The number of hydrogen-bond acceptors (Lipinski definition) is 3. The molecule has 2 atom stereocenters. The second-order valence-electron chi connectivity index (χ2n) is 3.79. The lowest BCUT2D eigenvalue weighted by molar-refractivity contribution is -0.142. The second kappa shape index (κ2) is 6.26. The van der Waals surface area contributed by atoms with Crippen LogP contribution in [0.25, 0.3) is 0 Å². The topological polar surface area (TPSA) is 75.6 Å². The summed E-state index contributed by atoms with van der Waals surface area (Å²) in [6.07, 6.45) is -0.801. The molecule has 0 heterocycles. The minimum atomic E-state index is -1.10. The fourth-order valence-electron chi connectivity index (χ4n) is 1.19. The van der Waals surface area contributed by atoms with Crippen LogP contribution in [0.1, 0.15) is 13.8 Å². The highest BCUT2D eigenvalue weighted by molar-refractivity contribution is 6.30. The summed E-state index contributed by atoms with van der Waals surface area (Å²) < 4.78 is 5.35. The number of carbonyl (C=O) groups excluding carboxylic acids is 1. The summed E-state index contributed by atoms with van der Waals surface area (Å²) >= 11 is 5.78. The van der Waals surface area contributed by atoms with E-state index in [2.05, 4.69) is 5.32 Å². The maximum Gasteiger partial charge on any atom is 0.325 e. The summed E-state index contributed by atoms with van der Waals surface area (Å²) in [5.41, 5.74) is 0. The molecule has 0 saturated heterocycles. The highest BCUT2D eigenvalue weighted by atomic mass is 35.5. The normalized spacial score (nSPS) is 13.5. The van der Waals surface area contributed by atoms with Gasteiger partial charge in [-0.1, -0.05) is 17.7 Å². The molecule has 1 aromatic rings. The standard InChI is InChI=1S/C12H14ClNO4/c1-7(12(16)17)14-11(15)8(2)18-10-5-3-4-9(13)6-10/h3-8H,1-2H3,(H,14,15)(H,16,17)/t7-,8?/m1/s1. The molecule has 5 nitrogen and oxygen atoms in total. The fourth-order valence-corrected chi connectivity index (χ4v) is 1.37. The predicted octanol–water partition coefficient (Wildman–Crippen LogP) is 1.70. The van der Waals surface area contributed by atoms with Crippen LogP contribution in [0.2, 0.25) is 5.02 Å². The van der Waals surface area contributed by atoms with Crippen LogP contribution in [-0.4, -0.2) is 29.1 Å². The van der Waals surface area contributed by atoms with Gasteiger partial charge in [-0.3, -0.25) is 9.59 Å². The minimum absolute atomic E-state index is 0.452. The monoisotopic (exact) mass is 271 g/mol. The number of halogens is 1. The summed E-state index contributed by atoms with van der Waals surface area (Å²) in [4.78, 5) is 22.2. The van der Waals surface area contributed by atoms with Gasteiger partial charge in [0.15, 0.2) is 6.10 Å². The van der Waals surface area contributed by atoms with E-state index in [1.165, 1.54) is 13.8 Å². The minimum Gasteiger partial charge on any atom is -0.481 e. The average molecular weight is 272 g/mol. The zero-order valence-corrected chi connectivity index (χ0v) is 10.8. The van der Waals surface area contributed by atoms with Gasteiger partial charge in [0.2, 0.25) is 0 Å². The van der Waals surface area contributed by atoms with Gasteiger partial charge in [-0.2, -0.15) is 0 Å². The van der Waals surface area contributed by atoms with Crippen LogP contribution < -0.4 is 10.1 Å². The lowest BCUT2D eigenvalue weighted by atomic mass is 10.3. The zero-order valence-electron chi connectivity index (χ0n) is 10.0. The molecule has 1 unspecified atom stereocenters. The van der Waals surface area contributed by atoms with Crippen molar-refractivity contribution in [1.29, 1.82) is 0 Å². The van der Waals surface area contributed by atoms with Gasteiger partial charge in [-0.25, -0.2) is 0 Å². The molecule has 0 aliphatic rings. The molecule has 1 amide bonds. The number of carboxylic acids is 1. The van der Waals surface area contributed by atoms with Crippen molar-refractivity contribution in [3.63, 3.8) is 0 Å². The molecular formula is C12H14ClNO4. The Bertz CT molecular complexity index is 449. The third-order valence-electron chi connectivity index (χ3n) is 2.21. The maximum atomic E-state index is 11.6. The lowest BCUT2D eigenvalue weighted by Crippen LogP contribution is -2.44. The van der Waals surface area contributed by atoms with E-state index in [1.54, 1.807) is 24.3 Å². The molecular weight excluding hydrogens is 258 g/mol. The number of nitrogens with one attached hydrogen (secondary N) is 1. The van der Waals surface area contributed by atoms with Gasteiger partial charge < -0.3 is 15.2 Å². The summed E-state index contributed by atoms with van der Waals surface area (Å²) in [6, 6.07) is 5.67. The van der Waals surface area contributed by atoms with E-state index in [-0.39, 0.29) is 0 Å². The SMILES string of the molecule is CC(Oc1cccc(Cl)c1)C(=O)N[C@H](C)C(=O)O. The molecule has 0 bridgehead atoms. The Kier molecular flexibility index (Phi) is 4.97. The number of carbonyl (C=O) groups is 2. The summed E-state index contributed by atoms with van der Waals surface area (Å²) in [7, 11) is 0. The highest BCUT2D eigenvalue weighted by Crippen LogP contribution is 2.18. The van der Waals surface area contributed by atoms with E-state index in [9.17, 15) is 9.59 Å². The van der Waals surface area contributed by atoms with Crippen molar-refractivity contribution in [3.8, 4) is 5.75 Å². The van der Waals surface area contributed by atoms with Gasteiger partial charge in [0.05, 0.1) is 0 Å². The van der Waals surface area contributed by atoms with Gasteiger partial charge in [-0.05, 0) is 32.0 Å². The van der Waals surface area contributed by atoms with Crippen molar-refractivity contribution in [2.24, 2.45) is 0 Å². The Balaban J connectivity index is 2.57. The first kappa shape index (κ1) is 14.3. The van der Waals surface area contributed by atoms with Crippen molar-refractivity contribution in [2.45, 2.75) is 26.0 Å². The first-order valence-electron chi connectivity index (χ1n) is 5.35. The number of aliphatic carboxylic acids is 1. The van der Waals surface area contributed by atoms with Gasteiger partial charge in [-0.15, -0.1) is 0 Å². The second-order valence-corrected chi connectivity index (χ2v) is 4.22.